The average Bonchev–Trinajstić information content (AvgIpc) is 3.34. The Kier molecular flexibility index (Phi) is 6.18. The van der Waals surface area contributed by atoms with Crippen LogP contribution in [-0.2, 0) is 16.0 Å². The molecular formula is C19H18N4O4S. The van der Waals surface area contributed by atoms with E-state index in [1.807, 2.05) is 0 Å². The summed E-state index contributed by atoms with van der Waals surface area (Å²) < 4.78 is 5.02. The molecule has 0 aliphatic rings. The molecule has 28 heavy (non-hydrogen) atoms. The van der Waals surface area contributed by atoms with Gasteiger partial charge in [-0.1, -0.05) is 13.0 Å². The maximum atomic E-state index is 12.3. The van der Waals surface area contributed by atoms with Gasteiger partial charge < -0.3 is 15.1 Å². The second-order valence-corrected chi connectivity index (χ2v) is 6.64. The Bertz CT molecular complexity index is 982. The third kappa shape index (κ3) is 5.27. The number of nitrogens with zero attached hydrogens (tertiary/aromatic N) is 1. The molecule has 2 heterocycles. The lowest BCUT2D eigenvalue weighted by Crippen LogP contribution is -2.15. The van der Waals surface area contributed by atoms with Crippen molar-refractivity contribution >= 4 is 45.6 Å². The van der Waals surface area contributed by atoms with Crippen molar-refractivity contribution in [3.63, 3.8) is 0 Å². The van der Waals surface area contributed by atoms with Crippen molar-refractivity contribution in [1.82, 2.24) is 4.98 Å². The zero-order valence-corrected chi connectivity index (χ0v) is 15.8. The molecule has 1 aromatic carbocycles. The summed E-state index contributed by atoms with van der Waals surface area (Å²) in [5, 5.41) is 10.2. The van der Waals surface area contributed by atoms with E-state index >= 15 is 0 Å². The SMILES string of the molecule is CCC(=O)Nc1cccc(NC(=O)Cc2csc(NC(=O)c3ccco3)n2)c1. The summed E-state index contributed by atoms with van der Waals surface area (Å²) in [6, 6.07) is 10.1. The van der Waals surface area contributed by atoms with Crippen LogP contribution in [0.1, 0.15) is 29.6 Å². The smallest absolute Gasteiger partial charge is 0.293 e. The number of nitrogens with one attached hydrogen (secondary N) is 3. The van der Waals surface area contributed by atoms with Crippen LogP contribution in [0.3, 0.4) is 0 Å². The lowest BCUT2D eigenvalue weighted by molar-refractivity contribution is -0.116. The van der Waals surface area contributed by atoms with Crippen molar-refractivity contribution in [2.75, 3.05) is 16.0 Å². The molecule has 3 N–H and O–H groups in total. The number of aromatic nitrogens is 1. The van der Waals surface area contributed by atoms with Gasteiger partial charge in [0.15, 0.2) is 10.9 Å². The number of furan rings is 1. The highest BCUT2D eigenvalue weighted by Crippen LogP contribution is 2.19. The van der Waals surface area contributed by atoms with Crippen LogP contribution in [0.2, 0.25) is 0 Å². The fourth-order valence-electron chi connectivity index (χ4n) is 2.31. The Labute approximate surface area is 165 Å². The first-order valence-electron chi connectivity index (χ1n) is 8.52. The number of benzene rings is 1. The van der Waals surface area contributed by atoms with Crippen molar-refractivity contribution in [1.29, 1.82) is 0 Å². The van der Waals surface area contributed by atoms with Gasteiger partial charge in [0.2, 0.25) is 11.8 Å². The van der Waals surface area contributed by atoms with Crippen LogP contribution in [-0.4, -0.2) is 22.7 Å². The second kappa shape index (κ2) is 8.96. The van der Waals surface area contributed by atoms with Gasteiger partial charge in [0, 0.05) is 23.2 Å². The third-order valence-corrected chi connectivity index (χ3v) is 4.42. The minimum absolute atomic E-state index is 0.0542. The fraction of sp³-hybridized carbons (Fsp3) is 0.158. The summed E-state index contributed by atoms with van der Waals surface area (Å²) in [4.78, 5) is 39.9. The molecule has 0 aliphatic heterocycles. The molecule has 0 saturated heterocycles. The molecule has 2 aromatic heterocycles. The summed E-state index contributed by atoms with van der Waals surface area (Å²) >= 11 is 1.22. The maximum Gasteiger partial charge on any atom is 0.293 e. The van der Waals surface area contributed by atoms with E-state index in [-0.39, 0.29) is 24.0 Å². The number of hydrogen-bond acceptors (Lipinski definition) is 6. The van der Waals surface area contributed by atoms with Crippen LogP contribution in [0, 0.1) is 0 Å². The molecule has 0 spiro atoms. The third-order valence-electron chi connectivity index (χ3n) is 3.61. The molecule has 3 aromatic rings. The van der Waals surface area contributed by atoms with Crippen LogP contribution < -0.4 is 16.0 Å². The lowest BCUT2D eigenvalue weighted by Gasteiger charge is -2.08. The van der Waals surface area contributed by atoms with Crippen LogP contribution in [0.4, 0.5) is 16.5 Å². The Morgan fingerprint density at radius 2 is 1.79 bits per heavy atom. The van der Waals surface area contributed by atoms with Gasteiger partial charge in [0.05, 0.1) is 18.4 Å². The van der Waals surface area contributed by atoms with Crippen molar-refractivity contribution < 1.29 is 18.8 Å². The summed E-state index contributed by atoms with van der Waals surface area (Å²) in [5.74, 6) is -0.575. The number of rotatable bonds is 7. The summed E-state index contributed by atoms with van der Waals surface area (Å²) in [7, 11) is 0. The highest BCUT2D eigenvalue weighted by Gasteiger charge is 2.13. The van der Waals surface area contributed by atoms with Crippen LogP contribution in [0.25, 0.3) is 0 Å². The minimum Gasteiger partial charge on any atom is -0.459 e. The van der Waals surface area contributed by atoms with Crippen LogP contribution in [0.5, 0.6) is 0 Å². The van der Waals surface area contributed by atoms with Crippen molar-refractivity contribution in [2.24, 2.45) is 0 Å². The molecule has 3 rings (SSSR count). The second-order valence-electron chi connectivity index (χ2n) is 5.78. The first-order valence-corrected chi connectivity index (χ1v) is 9.40. The van der Waals surface area contributed by atoms with Gasteiger partial charge in [-0.15, -0.1) is 11.3 Å². The summed E-state index contributed by atoms with van der Waals surface area (Å²) in [5.41, 5.74) is 1.72. The van der Waals surface area contributed by atoms with E-state index < -0.39 is 5.91 Å². The normalized spacial score (nSPS) is 10.3. The van der Waals surface area contributed by atoms with E-state index in [4.69, 9.17) is 4.42 Å². The zero-order valence-electron chi connectivity index (χ0n) is 15.0. The van der Waals surface area contributed by atoms with Gasteiger partial charge in [0.1, 0.15) is 0 Å². The number of amides is 3. The number of carbonyl (C=O) groups excluding carboxylic acids is 3. The Morgan fingerprint density at radius 3 is 2.46 bits per heavy atom. The first kappa shape index (κ1) is 19.3. The molecule has 8 nitrogen and oxygen atoms in total. The summed E-state index contributed by atoms with van der Waals surface area (Å²) in [6.07, 6.45) is 1.84. The minimum atomic E-state index is -0.402. The van der Waals surface area contributed by atoms with E-state index in [0.29, 0.717) is 28.6 Å². The van der Waals surface area contributed by atoms with Crippen molar-refractivity contribution in [2.45, 2.75) is 19.8 Å². The van der Waals surface area contributed by atoms with E-state index in [0.717, 1.165) is 0 Å². The van der Waals surface area contributed by atoms with Crippen molar-refractivity contribution in [3.05, 3.63) is 59.5 Å². The highest BCUT2D eigenvalue weighted by molar-refractivity contribution is 7.14. The average molecular weight is 398 g/mol. The number of thiazole rings is 1. The van der Waals surface area contributed by atoms with E-state index in [2.05, 4.69) is 20.9 Å². The van der Waals surface area contributed by atoms with E-state index in [9.17, 15) is 14.4 Å². The predicted octanol–water partition coefficient (Wildman–Crippen LogP) is 3.52. The number of hydrogen-bond donors (Lipinski definition) is 3. The van der Waals surface area contributed by atoms with Gasteiger partial charge in [0.25, 0.3) is 5.91 Å². The molecule has 9 heteroatoms. The molecule has 0 unspecified atom stereocenters. The lowest BCUT2D eigenvalue weighted by atomic mass is 10.2. The standard InChI is InChI=1S/C19H18N4O4S/c1-2-16(24)20-12-5-3-6-13(9-12)21-17(25)10-14-11-28-19(22-14)23-18(26)15-7-4-8-27-15/h3-9,11H,2,10H2,1H3,(H,20,24)(H,21,25)(H,22,23,26). The van der Waals surface area contributed by atoms with E-state index in [1.165, 1.54) is 17.6 Å². The Hall–Kier alpha value is -3.46. The first-order chi connectivity index (χ1) is 13.5. The molecule has 0 radical (unpaired) electrons. The topological polar surface area (TPSA) is 113 Å². The van der Waals surface area contributed by atoms with Gasteiger partial charge in [-0.25, -0.2) is 4.98 Å². The molecule has 0 saturated carbocycles. The van der Waals surface area contributed by atoms with Crippen molar-refractivity contribution in [3.8, 4) is 0 Å². The molecule has 0 bridgehead atoms. The van der Waals surface area contributed by atoms with Crippen LogP contribution >= 0.6 is 11.3 Å². The van der Waals surface area contributed by atoms with Gasteiger partial charge in [-0.3, -0.25) is 19.7 Å². The Balaban J connectivity index is 1.55. The molecule has 144 valence electrons. The van der Waals surface area contributed by atoms with Crippen LogP contribution in [0.15, 0.2) is 52.5 Å². The summed E-state index contributed by atoms with van der Waals surface area (Å²) in [6.45, 7) is 1.76. The number of anilines is 3. The van der Waals surface area contributed by atoms with Gasteiger partial charge >= 0.3 is 0 Å². The maximum absolute atomic E-state index is 12.3. The molecule has 3 amide bonds. The Morgan fingerprint density at radius 1 is 1.04 bits per heavy atom. The quantitative estimate of drug-likeness (QED) is 0.563. The predicted molar refractivity (Wildman–Crippen MR) is 106 cm³/mol. The van der Waals surface area contributed by atoms with E-state index in [1.54, 1.807) is 48.7 Å². The molecule has 0 aliphatic carbocycles. The van der Waals surface area contributed by atoms with Gasteiger partial charge in [-0.05, 0) is 30.3 Å². The van der Waals surface area contributed by atoms with Gasteiger partial charge in [-0.2, -0.15) is 0 Å². The number of carbonyl (C=O) groups is 3. The zero-order chi connectivity index (χ0) is 19.9. The monoisotopic (exact) mass is 398 g/mol. The fourth-order valence-corrected chi connectivity index (χ4v) is 3.01. The largest absolute Gasteiger partial charge is 0.459 e. The molecular weight excluding hydrogens is 380 g/mol. The highest BCUT2D eigenvalue weighted by atomic mass is 32.1. The molecule has 0 fully saturated rings. The molecule has 0 atom stereocenters.